The molecular weight excluding hydrogens is 322 g/mol. The number of hydrogen-bond donors (Lipinski definition) is 2. The topological polar surface area (TPSA) is 93.9 Å². The third kappa shape index (κ3) is 5.27. The molecule has 3 N–H and O–H groups in total. The van der Waals surface area contributed by atoms with Crippen LogP contribution in [0.25, 0.3) is 0 Å². The summed E-state index contributed by atoms with van der Waals surface area (Å²) in [5.41, 5.74) is 6.14. The van der Waals surface area contributed by atoms with E-state index < -0.39 is 5.60 Å². The van der Waals surface area contributed by atoms with Crippen LogP contribution in [-0.2, 0) is 4.74 Å². The molecule has 1 saturated heterocycles. The van der Waals surface area contributed by atoms with Gasteiger partial charge in [-0.2, -0.15) is 0 Å². The molecule has 1 aromatic rings. The zero-order valence-electron chi connectivity index (χ0n) is 15.3. The lowest BCUT2D eigenvalue weighted by Crippen LogP contribution is -2.50. The van der Waals surface area contributed by atoms with Gasteiger partial charge in [-0.3, -0.25) is 4.79 Å². The first-order chi connectivity index (χ1) is 11.7. The van der Waals surface area contributed by atoms with Crippen LogP contribution in [0, 0.1) is 0 Å². The predicted molar refractivity (Wildman–Crippen MR) is 95.7 cm³/mol. The highest BCUT2D eigenvalue weighted by molar-refractivity contribution is 5.99. The van der Waals surface area contributed by atoms with Crippen LogP contribution in [0.5, 0.6) is 5.75 Å². The van der Waals surface area contributed by atoms with Crippen LogP contribution in [0.1, 0.15) is 44.0 Å². The van der Waals surface area contributed by atoms with Gasteiger partial charge in [-0.25, -0.2) is 4.79 Å². The zero-order valence-corrected chi connectivity index (χ0v) is 15.3. The third-order valence-corrected chi connectivity index (χ3v) is 3.91. The minimum atomic E-state index is -0.537. The summed E-state index contributed by atoms with van der Waals surface area (Å²) in [4.78, 5) is 26.3. The van der Waals surface area contributed by atoms with Crippen molar-refractivity contribution in [3.05, 3.63) is 23.8 Å². The average molecular weight is 349 g/mol. The van der Waals surface area contributed by atoms with Gasteiger partial charge in [0, 0.05) is 30.9 Å². The van der Waals surface area contributed by atoms with Gasteiger partial charge in [-0.15, -0.1) is 0 Å². The first kappa shape index (κ1) is 18.9. The predicted octanol–water partition coefficient (Wildman–Crippen LogP) is 2.41. The second-order valence-corrected chi connectivity index (χ2v) is 7.19. The molecule has 2 amide bonds. The first-order valence-corrected chi connectivity index (χ1v) is 8.42. The Morgan fingerprint density at radius 3 is 2.64 bits per heavy atom. The number of carbonyl (C=O) groups is 2. The molecule has 1 atom stereocenters. The monoisotopic (exact) mass is 349 g/mol. The van der Waals surface area contributed by atoms with Crippen LogP contribution < -0.4 is 15.8 Å². The number of anilines is 1. The van der Waals surface area contributed by atoms with Crippen molar-refractivity contribution >= 4 is 17.7 Å². The molecule has 1 aromatic carbocycles. The Balaban J connectivity index is 1.98. The Kier molecular flexibility index (Phi) is 5.77. The van der Waals surface area contributed by atoms with E-state index in [2.05, 4.69) is 5.32 Å². The van der Waals surface area contributed by atoms with Gasteiger partial charge in [0.25, 0.3) is 5.91 Å². The number of carbonyl (C=O) groups excluding carboxylic acids is 2. The molecule has 0 saturated carbocycles. The normalized spacial score (nSPS) is 17.8. The van der Waals surface area contributed by atoms with E-state index in [4.69, 9.17) is 15.2 Å². The number of methoxy groups -OCH3 is 1. The molecule has 0 radical (unpaired) electrons. The molecule has 25 heavy (non-hydrogen) atoms. The summed E-state index contributed by atoms with van der Waals surface area (Å²) in [5, 5.41) is 2.95. The van der Waals surface area contributed by atoms with Crippen LogP contribution in [0.15, 0.2) is 18.2 Å². The summed E-state index contributed by atoms with van der Waals surface area (Å²) in [6.45, 7) is 6.56. The van der Waals surface area contributed by atoms with Crippen LogP contribution in [0.3, 0.4) is 0 Å². The summed E-state index contributed by atoms with van der Waals surface area (Å²) >= 11 is 0. The van der Waals surface area contributed by atoms with Crippen molar-refractivity contribution in [2.75, 3.05) is 25.9 Å². The van der Waals surface area contributed by atoms with Gasteiger partial charge in [0.2, 0.25) is 0 Å². The van der Waals surface area contributed by atoms with Crippen molar-refractivity contribution in [3.63, 3.8) is 0 Å². The lowest BCUT2D eigenvalue weighted by atomic mass is 10.0. The Hall–Kier alpha value is -2.44. The number of amides is 2. The van der Waals surface area contributed by atoms with Gasteiger partial charge in [0.1, 0.15) is 11.4 Å². The molecule has 1 heterocycles. The number of nitrogens with one attached hydrogen (secondary N) is 1. The van der Waals surface area contributed by atoms with Crippen LogP contribution >= 0.6 is 0 Å². The van der Waals surface area contributed by atoms with Crippen molar-refractivity contribution in [1.82, 2.24) is 10.2 Å². The van der Waals surface area contributed by atoms with E-state index in [1.165, 1.54) is 0 Å². The van der Waals surface area contributed by atoms with E-state index >= 15 is 0 Å². The van der Waals surface area contributed by atoms with E-state index in [0.717, 1.165) is 12.8 Å². The maximum Gasteiger partial charge on any atom is 0.410 e. The number of benzene rings is 1. The molecule has 138 valence electrons. The number of nitrogen functional groups attached to an aromatic ring is 1. The molecule has 1 aliphatic heterocycles. The van der Waals surface area contributed by atoms with Gasteiger partial charge >= 0.3 is 6.09 Å². The highest BCUT2D eigenvalue weighted by Gasteiger charge is 2.28. The van der Waals surface area contributed by atoms with E-state index in [1.54, 1.807) is 30.2 Å². The average Bonchev–Trinajstić information content (AvgIpc) is 2.53. The summed E-state index contributed by atoms with van der Waals surface area (Å²) in [7, 11) is 1.54. The Labute approximate surface area is 148 Å². The molecule has 1 fully saturated rings. The molecule has 7 nitrogen and oxygen atoms in total. The molecule has 2 rings (SSSR count). The SMILES string of the molecule is COc1ccc(C(=O)NC2CCCN(C(=O)OC(C)(C)C)C2)c(N)c1. The molecule has 0 aromatic heterocycles. The van der Waals surface area contributed by atoms with Gasteiger partial charge < -0.3 is 25.4 Å². The van der Waals surface area contributed by atoms with Gasteiger partial charge in [0.15, 0.2) is 0 Å². The molecule has 0 aliphatic carbocycles. The van der Waals surface area contributed by atoms with Gasteiger partial charge in [-0.1, -0.05) is 0 Å². The summed E-state index contributed by atoms with van der Waals surface area (Å²) in [6, 6.07) is 4.81. The number of piperidine rings is 1. The third-order valence-electron chi connectivity index (χ3n) is 3.91. The maximum absolute atomic E-state index is 12.5. The lowest BCUT2D eigenvalue weighted by molar-refractivity contribution is 0.0185. The van der Waals surface area contributed by atoms with Crippen LogP contribution in [-0.4, -0.2) is 48.7 Å². The van der Waals surface area contributed by atoms with Crippen molar-refractivity contribution in [2.24, 2.45) is 0 Å². The highest BCUT2D eigenvalue weighted by atomic mass is 16.6. The maximum atomic E-state index is 12.5. The molecule has 7 heteroatoms. The fraction of sp³-hybridized carbons (Fsp3) is 0.556. The Bertz CT molecular complexity index is 640. The molecule has 1 unspecified atom stereocenters. The quantitative estimate of drug-likeness (QED) is 0.817. The number of nitrogens with zero attached hydrogens (tertiary/aromatic N) is 1. The van der Waals surface area contributed by atoms with E-state index in [0.29, 0.717) is 30.1 Å². The smallest absolute Gasteiger partial charge is 0.410 e. The highest BCUT2D eigenvalue weighted by Crippen LogP contribution is 2.21. The zero-order chi connectivity index (χ0) is 18.6. The Morgan fingerprint density at radius 1 is 1.32 bits per heavy atom. The summed E-state index contributed by atoms with van der Waals surface area (Å²) in [5.74, 6) is 0.346. The van der Waals surface area contributed by atoms with Crippen molar-refractivity contribution in [1.29, 1.82) is 0 Å². The molecule has 1 aliphatic rings. The fourth-order valence-electron chi connectivity index (χ4n) is 2.72. The van der Waals surface area contributed by atoms with Gasteiger partial charge in [0.05, 0.1) is 12.7 Å². The van der Waals surface area contributed by atoms with E-state index in [9.17, 15) is 9.59 Å². The van der Waals surface area contributed by atoms with E-state index in [1.807, 2.05) is 20.8 Å². The number of ether oxygens (including phenoxy) is 2. The van der Waals surface area contributed by atoms with E-state index in [-0.39, 0.29) is 18.0 Å². The minimum absolute atomic E-state index is 0.129. The molecular formula is C18H27N3O4. The second-order valence-electron chi connectivity index (χ2n) is 7.19. The molecule has 0 bridgehead atoms. The van der Waals surface area contributed by atoms with Gasteiger partial charge in [-0.05, 0) is 45.7 Å². The fourth-order valence-corrected chi connectivity index (χ4v) is 2.72. The number of likely N-dealkylation sites (tertiary alicyclic amines) is 1. The number of hydrogen-bond acceptors (Lipinski definition) is 5. The van der Waals surface area contributed by atoms with Crippen molar-refractivity contribution in [3.8, 4) is 5.75 Å². The summed E-state index contributed by atoms with van der Waals surface area (Å²) in [6.07, 6.45) is 1.26. The van der Waals surface area contributed by atoms with Crippen molar-refractivity contribution in [2.45, 2.75) is 45.3 Å². The minimum Gasteiger partial charge on any atom is -0.497 e. The van der Waals surface area contributed by atoms with Crippen LogP contribution in [0.2, 0.25) is 0 Å². The Morgan fingerprint density at radius 2 is 2.04 bits per heavy atom. The largest absolute Gasteiger partial charge is 0.497 e. The number of nitrogens with two attached hydrogens (primary N) is 1. The second kappa shape index (κ2) is 7.63. The molecule has 0 spiro atoms. The first-order valence-electron chi connectivity index (χ1n) is 8.42. The summed E-state index contributed by atoms with van der Waals surface area (Å²) < 4.78 is 10.5. The number of rotatable bonds is 3. The van der Waals surface area contributed by atoms with Crippen molar-refractivity contribution < 1.29 is 19.1 Å². The lowest BCUT2D eigenvalue weighted by Gasteiger charge is -2.34. The standard InChI is InChI=1S/C18H27N3O4/c1-18(2,3)25-17(23)21-9-5-6-12(11-21)20-16(22)14-8-7-13(24-4)10-15(14)19/h7-8,10,12H,5-6,9,11,19H2,1-4H3,(H,20,22). The van der Waals surface area contributed by atoms with Crippen LogP contribution in [0.4, 0.5) is 10.5 Å².